The van der Waals surface area contributed by atoms with E-state index in [-0.39, 0.29) is 6.10 Å². The van der Waals surface area contributed by atoms with E-state index in [1.54, 1.807) is 14.2 Å². The number of methoxy groups -OCH3 is 2. The third-order valence-electron chi connectivity index (χ3n) is 2.66. The van der Waals surface area contributed by atoms with Gasteiger partial charge in [0.15, 0.2) is 5.82 Å². The molecule has 0 spiro atoms. The maximum absolute atomic E-state index is 5.33. The van der Waals surface area contributed by atoms with Crippen LogP contribution in [0.4, 0.5) is 11.6 Å². The Bertz CT molecular complexity index is 390. The van der Waals surface area contributed by atoms with Gasteiger partial charge in [-0.3, -0.25) is 0 Å². The first-order valence-electron chi connectivity index (χ1n) is 6.62. The highest BCUT2D eigenvalue weighted by Gasteiger charge is 2.09. The molecule has 0 aliphatic heterocycles. The van der Waals surface area contributed by atoms with Crippen molar-refractivity contribution in [1.82, 2.24) is 9.97 Å². The van der Waals surface area contributed by atoms with E-state index in [2.05, 4.69) is 20.6 Å². The lowest BCUT2D eigenvalue weighted by Crippen LogP contribution is -2.27. The molecule has 0 bridgehead atoms. The first kappa shape index (κ1) is 16.6. The van der Waals surface area contributed by atoms with Crippen molar-refractivity contribution >= 4 is 11.6 Å². The summed E-state index contributed by atoms with van der Waals surface area (Å²) >= 11 is 0. The normalized spacial score (nSPS) is 12.2. The van der Waals surface area contributed by atoms with Crippen molar-refractivity contribution in [1.29, 1.82) is 0 Å². The van der Waals surface area contributed by atoms with Crippen LogP contribution >= 0.6 is 0 Å². The fourth-order valence-electron chi connectivity index (χ4n) is 1.59. The summed E-state index contributed by atoms with van der Waals surface area (Å²) in [5.74, 6) is 2.12. The molecule has 0 fully saturated rings. The Morgan fingerprint density at radius 1 is 1.25 bits per heavy atom. The molecule has 0 radical (unpaired) electrons. The maximum atomic E-state index is 5.33. The minimum Gasteiger partial charge on any atom is -0.382 e. The smallest absolute Gasteiger partial charge is 0.158 e. The number of rotatable bonds is 10. The molecule has 0 aliphatic carbocycles. The fraction of sp³-hybridized carbons (Fsp3) is 0.692. The molecule has 114 valence electrons. The molecule has 1 rings (SSSR count). The molecule has 0 aromatic carbocycles. The second-order valence-electron chi connectivity index (χ2n) is 4.14. The van der Waals surface area contributed by atoms with E-state index in [1.807, 2.05) is 20.0 Å². The minimum absolute atomic E-state index is 0.0247. The van der Waals surface area contributed by atoms with E-state index in [0.29, 0.717) is 32.2 Å². The Balaban J connectivity index is 2.67. The highest BCUT2D eigenvalue weighted by atomic mass is 16.5. The van der Waals surface area contributed by atoms with Crippen molar-refractivity contribution in [2.75, 3.05) is 51.7 Å². The van der Waals surface area contributed by atoms with Gasteiger partial charge < -0.3 is 24.8 Å². The van der Waals surface area contributed by atoms with Crippen LogP contribution < -0.4 is 10.6 Å². The Hall–Kier alpha value is -1.44. The predicted octanol–water partition coefficient (Wildman–Crippen LogP) is 1.13. The zero-order valence-corrected chi connectivity index (χ0v) is 12.6. The number of aromatic nitrogens is 2. The van der Waals surface area contributed by atoms with Crippen LogP contribution in [0.25, 0.3) is 0 Å². The zero-order valence-electron chi connectivity index (χ0n) is 12.6. The van der Waals surface area contributed by atoms with Gasteiger partial charge in [-0.25, -0.2) is 9.97 Å². The third kappa shape index (κ3) is 5.68. The van der Waals surface area contributed by atoms with Crippen molar-refractivity contribution in [2.24, 2.45) is 0 Å². The monoisotopic (exact) mass is 284 g/mol. The molecule has 2 N–H and O–H groups in total. The van der Waals surface area contributed by atoms with Crippen molar-refractivity contribution < 1.29 is 14.2 Å². The lowest BCUT2D eigenvalue weighted by Gasteiger charge is -2.16. The molecule has 0 saturated carbocycles. The quantitative estimate of drug-likeness (QED) is 0.667. The molecule has 20 heavy (non-hydrogen) atoms. The Morgan fingerprint density at radius 2 is 2.00 bits per heavy atom. The average molecular weight is 284 g/mol. The van der Waals surface area contributed by atoms with E-state index < -0.39 is 0 Å². The summed E-state index contributed by atoms with van der Waals surface area (Å²) in [6, 6.07) is 1.84. The summed E-state index contributed by atoms with van der Waals surface area (Å²) in [6.45, 7) is 4.11. The first-order chi connectivity index (χ1) is 9.73. The molecule has 1 unspecified atom stereocenters. The van der Waals surface area contributed by atoms with Gasteiger partial charge in [0, 0.05) is 40.5 Å². The highest BCUT2D eigenvalue weighted by molar-refractivity contribution is 5.47. The van der Waals surface area contributed by atoms with Crippen LogP contribution in [0.2, 0.25) is 0 Å². The maximum Gasteiger partial charge on any atom is 0.158 e. The molecule has 0 amide bonds. The fourth-order valence-corrected chi connectivity index (χ4v) is 1.59. The van der Waals surface area contributed by atoms with Crippen LogP contribution in [0.15, 0.2) is 6.07 Å². The summed E-state index contributed by atoms with van der Waals surface area (Å²) in [7, 11) is 5.13. The number of hydrogen-bond acceptors (Lipinski definition) is 7. The van der Waals surface area contributed by atoms with E-state index >= 15 is 0 Å². The van der Waals surface area contributed by atoms with Gasteiger partial charge in [0.25, 0.3) is 0 Å². The number of nitrogens with one attached hydrogen (secondary N) is 2. The molecule has 1 aromatic heterocycles. The summed E-state index contributed by atoms with van der Waals surface area (Å²) in [4.78, 5) is 8.73. The third-order valence-corrected chi connectivity index (χ3v) is 2.66. The van der Waals surface area contributed by atoms with Crippen molar-refractivity contribution in [3.8, 4) is 0 Å². The van der Waals surface area contributed by atoms with E-state index in [0.717, 1.165) is 11.6 Å². The van der Waals surface area contributed by atoms with Crippen molar-refractivity contribution in [2.45, 2.75) is 19.6 Å². The Kier molecular flexibility index (Phi) is 7.86. The van der Waals surface area contributed by atoms with Crippen LogP contribution in [0.3, 0.4) is 0 Å². The van der Waals surface area contributed by atoms with Crippen molar-refractivity contribution in [3.05, 3.63) is 11.9 Å². The molecule has 1 aromatic rings. The number of anilines is 2. The van der Waals surface area contributed by atoms with Crippen LogP contribution in [0.1, 0.15) is 12.7 Å². The summed E-state index contributed by atoms with van der Waals surface area (Å²) < 4.78 is 15.7. The second-order valence-corrected chi connectivity index (χ2v) is 4.14. The van der Waals surface area contributed by atoms with Crippen LogP contribution in [-0.4, -0.2) is 57.1 Å². The van der Waals surface area contributed by atoms with Gasteiger partial charge in [0.05, 0.1) is 12.7 Å². The lowest BCUT2D eigenvalue weighted by atomic mass is 10.3. The van der Waals surface area contributed by atoms with E-state index in [4.69, 9.17) is 14.2 Å². The van der Waals surface area contributed by atoms with E-state index in [9.17, 15) is 0 Å². The van der Waals surface area contributed by atoms with Crippen molar-refractivity contribution in [3.63, 3.8) is 0 Å². The molecular weight excluding hydrogens is 260 g/mol. The average Bonchev–Trinajstić information content (AvgIpc) is 2.49. The Labute approximate surface area is 120 Å². The van der Waals surface area contributed by atoms with Gasteiger partial charge in [0.1, 0.15) is 18.2 Å². The van der Waals surface area contributed by atoms with Crippen LogP contribution in [-0.2, 0) is 20.8 Å². The summed E-state index contributed by atoms with van der Waals surface area (Å²) in [6.07, 6.45) is -0.0247. The SMILES string of the molecule is CCOCc1nc(NC)cc(NCC(COC)OC)n1. The minimum atomic E-state index is -0.0247. The number of nitrogens with zero attached hydrogens (tertiary/aromatic N) is 2. The van der Waals surface area contributed by atoms with E-state index in [1.165, 1.54) is 0 Å². The molecular formula is C13H24N4O3. The van der Waals surface area contributed by atoms with Gasteiger partial charge >= 0.3 is 0 Å². The standard InChI is InChI=1S/C13H24N4O3/c1-5-20-9-13-16-11(14-2)6-12(17-13)15-7-10(19-4)8-18-3/h6,10H,5,7-9H2,1-4H3,(H2,14,15,16,17). The first-order valence-corrected chi connectivity index (χ1v) is 6.62. The zero-order chi connectivity index (χ0) is 14.8. The molecule has 1 atom stereocenters. The molecule has 7 heteroatoms. The summed E-state index contributed by atoms with van der Waals surface area (Å²) in [5, 5.41) is 6.23. The van der Waals surface area contributed by atoms with Gasteiger partial charge in [-0.1, -0.05) is 0 Å². The largest absolute Gasteiger partial charge is 0.382 e. The van der Waals surface area contributed by atoms with Gasteiger partial charge in [-0.15, -0.1) is 0 Å². The topological polar surface area (TPSA) is 77.5 Å². The van der Waals surface area contributed by atoms with Crippen LogP contribution in [0.5, 0.6) is 0 Å². The lowest BCUT2D eigenvalue weighted by molar-refractivity contribution is 0.0365. The summed E-state index contributed by atoms with van der Waals surface area (Å²) in [5.41, 5.74) is 0. The van der Waals surface area contributed by atoms with Crippen LogP contribution in [0, 0.1) is 0 Å². The molecule has 1 heterocycles. The number of hydrogen-bond donors (Lipinski definition) is 2. The van der Waals surface area contributed by atoms with Gasteiger partial charge in [-0.05, 0) is 6.92 Å². The second kappa shape index (κ2) is 9.46. The van der Waals surface area contributed by atoms with Gasteiger partial charge in [0.2, 0.25) is 0 Å². The molecule has 0 aliphatic rings. The number of ether oxygens (including phenoxy) is 3. The molecule has 7 nitrogen and oxygen atoms in total. The van der Waals surface area contributed by atoms with Gasteiger partial charge in [-0.2, -0.15) is 0 Å². The molecule has 0 saturated heterocycles. The highest BCUT2D eigenvalue weighted by Crippen LogP contribution is 2.12. The predicted molar refractivity (Wildman–Crippen MR) is 78.1 cm³/mol. The Morgan fingerprint density at radius 3 is 2.60 bits per heavy atom.